The summed E-state index contributed by atoms with van der Waals surface area (Å²) in [6.45, 7) is 3.66. The maximum atomic E-state index is 12.8. The zero-order valence-electron chi connectivity index (χ0n) is 12.4. The monoisotopic (exact) mass is 322 g/mol. The van der Waals surface area contributed by atoms with Crippen LogP contribution in [-0.2, 0) is 12.7 Å². The molecule has 0 aliphatic carbocycles. The van der Waals surface area contributed by atoms with E-state index in [0.29, 0.717) is 11.5 Å². The van der Waals surface area contributed by atoms with Crippen LogP contribution in [0.5, 0.6) is 0 Å². The molecule has 0 spiro atoms. The minimum atomic E-state index is -4.67. The summed E-state index contributed by atoms with van der Waals surface area (Å²) in [5, 5.41) is 0. The Bertz CT molecular complexity index is 940. The highest BCUT2D eigenvalue weighted by Gasteiger charge is 2.34. The first kappa shape index (κ1) is 15.3. The number of fused-ring (bicyclic) bond motifs is 1. The van der Waals surface area contributed by atoms with E-state index in [1.54, 1.807) is 10.6 Å². The molecule has 0 amide bonds. The lowest BCUT2D eigenvalue weighted by Crippen LogP contribution is -2.28. The number of hydrogen-bond acceptors (Lipinski definition) is 3. The highest BCUT2D eigenvalue weighted by molar-refractivity contribution is 5.34. The standard InChI is InChI=1S/C15H13F3N4O/c1-9-6-10(2)22-8-11(20-14(22)19-9)7-21-5-3-4-12(13(21)23)15(16,17)18/h3-6,8H,7H2,1-2H3. The molecule has 0 saturated heterocycles. The minimum absolute atomic E-state index is 0.0510. The van der Waals surface area contributed by atoms with Gasteiger partial charge in [0.2, 0.25) is 5.78 Å². The average Bonchev–Trinajstić information content (AvgIpc) is 2.82. The van der Waals surface area contributed by atoms with Crippen LogP contribution in [0.15, 0.2) is 35.4 Å². The third-order valence-corrected chi connectivity index (χ3v) is 3.47. The summed E-state index contributed by atoms with van der Waals surface area (Å²) in [4.78, 5) is 20.5. The predicted molar refractivity (Wildman–Crippen MR) is 77.3 cm³/mol. The fourth-order valence-corrected chi connectivity index (χ4v) is 2.45. The summed E-state index contributed by atoms with van der Waals surface area (Å²) in [5.41, 5.74) is -0.106. The summed E-state index contributed by atoms with van der Waals surface area (Å²) < 4.78 is 41.1. The quantitative estimate of drug-likeness (QED) is 0.729. The van der Waals surface area contributed by atoms with Crippen molar-refractivity contribution in [1.29, 1.82) is 0 Å². The Morgan fingerprint density at radius 2 is 1.96 bits per heavy atom. The molecule has 0 atom stereocenters. The van der Waals surface area contributed by atoms with Crippen LogP contribution in [0.3, 0.4) is 0 Å². The Labute approximate surface area is 129 Å². The molecule has 3 aromatic heterocycles. The molecule has 0 saturated carbocycles. The second kappa shape index (κ2) is 5.22. The third kappa shape index (κ3) is 2.84. The van der Waals surface area contributed by atoms with Gasteiger partial charge >= 0.3 is 6.18 Å². The molecule has 0 aromatic carbocycles. The van der Waals surface area contributed by atoms with Gasteiger partial charge in [-0.1, -0.05) is 0 Å². The number of alkyl halides is 3. The Morgan fingerprint density at radius 1 is 1.22 bits per heavy atom. The maximum Gasteiger partial charge on any atom is 0.421 e. The van der Waals surface area contributed by atoms with Crippen molar-refractivity contribution in [2.75, 3.05) is 0 Å². The van der Waals surface area contributed by atoms with Gasteiger partial charge in [0.05, 0.1) is 12.2 Å². The first-order valence-electron chi connectivity index (χ1n) is 6.84. The summed E-state index contributed by atoms with van der Waals surface area (Å²) in [6, 6.07) is 3.85. The van der Waals surface area contributed by atoms with Gasteiger partial charge in [-0.25, -0.2) is 9.97 Å². The first-order chi connectivity index (χ1) is 10.8. The summed E-state index contributed by atoms with van der Waals surface area (Å²) >= 11 is 0. The molecule has 8 heteroatoms. The molecule has 3 heterocycles. The van der Waals surface area contributed by atoms with Gasteiger partial charge in [-0.3, -0.25) is 9.20 Å². The third-order valence-electron chi connectivity index (χ3n) is 3.47. The van der Waals surface area contributed by atoms with Gasteiger partial charge in [-0.15, -0.1) is 0 Å². The van der Waals surface area contributed by atoms with E-state index in [9.17, 15) is 18.0 Å². The molecule has 5 nitrogen and oxygen atoms in total. The molecule has 23 heavy (non-hydrogen) atoms. The van der Waals surface area contributed by atoms with Crippen LogP contribution in [0, 0.1) is 13.8 Å². The van der Waals surface area contributed by atoms with Crippen molar-refractivity contribution < 1.29 is 13.2 Å². The number of pyridine rings is 1. The van der Waals surface area contributed by atoms with Crippen LogP contribution >= 0.6 is 0 Å². The van der Waals surface area contributed by atoms with Crippen molar-refractivity contribution in [3.63, 3.8) is 0 Å². The van der Waals surface area contributed by atoms with Crippen LogP contribution in [0.2, 0.25) is 0 Å². The van der Waals surface area contributed by atoms with E-state index in [1.807, 2.05) is 19.9 Å². The number of aryl methyl sites for hydroxylation is 2. The van der Waals surface area contributed by atoms with E-state index in [1.165, 1.54) is 12.3 Å². The van der Waals surface area contributed by atoms with Gasteiger partial charge in [-0.2, -0.15) is 13.2 Å². The van der Waals surface area contributed by atoms with Crippen molar-refractivity contribution >= 4 is 5.78 Å². The fraction of sp³-hybridized carbons (Fsp3) is 0.267. The lowest BCUT2D eigenvalue weighted by atomic mass is 10.2. The number of aromatic nitrogens is 4. The maximum absolute atomic E-state index is 12.8. The van der Waals surface area contributed by atoms with Crippen molar-refractivity contribution in [2.24, 2.45) is 0 Å². The molecule has 0 radical (unpaired) electrons. The van der Waals surface area contributed by atoms with Crippen LogP contribution in [0.1, 0.15) is 22.6 Å². The Balaban J connectivity index is 2.03. The zero-order chi connectivity index (χ0) is 16.8. The van der Waals surface area contributed by atoms with Crippen LogP contribution in [0.4, 0.5) is 13.2 Å². The first-order valence-corrected chi connectivity index (χ1v) is 6.84. The summed E-state index contributed by atoms with van der Waals surface area (Å²) in [6.07, 6.45) is -1.69. The molecular weight excluding hydrogens is 309 g/mol. The highest BCUT2D eigenvalue weighted by Crippen LogP contribution is 2.26. The molecule has 0 aliphatic rings. The molecule has 0 aliphatic heterocycles. The van der Waals surface area contributed by atoms with Gasteiger partial charge < -0.3 is 4.57 Å². The van der Waals surface area contributed by atoms with E-state index in [4.69, 9.17) is 0 Å². The Morgan fingerprint density at radius 3 is 2.65 bits per heavy atom. The van der Waals surface area contributed by atoms with E-state index in [-0.39, 0.29) is 6.54 Å². The average molecular weight is 322 g/mol. The molecular formula is C15H13F3N4O. The predicted octanol–water partition coefficient (Wildman–Crippen LogP) is 2.57. The van der Waals surface area contributed by atoms with Gasteiger partial charge in [-0.05, 0) is 32.0 Å². The number of halogens is 3. The Kier molecular flexibility index (Phi) is 3.46. The lowest BCUT2D eigenvalue weighted by molar-refractivity contribution is -0.138. The second-order valence-electron chi connectivity index (χ2n) is 5.29. The van der Waals surface area contributed by atoms with Gasteiger partial charge in [0.15, 0.2) is 0 Å². The van der Waals surface area contributed by atoms with Crippen molar-refractivity contribution in [1.82, 2.24) is 18.9 Å². The molecule has 3 aromatic rings. The van der Waals surface area contributed by atoms with Crippen LogP contribution in [-0.4, -0.2) is 18.9 Å². The number of nitrogens with zero attached hydrogens (tertiary/aromatic N) is 4. The zero-order valence-corrected chi connectivity index (χ0v) is 12.4. The topological polar surface area (TPSA) is 52.2 Å². The van der Waals surface area contributed by atoms with E-state index in [0.717, 1.165) is 22.0 Å². The van der Waals surface area contributed by atoms with Gasteiger partial charge in [0, 0.05) is 23.8 Å². The van der Waals surface area contributed by atoms with Crippen molar-refractivity contribution in [3.05, 3.63) is 63.6 Å². The SMILES string of the molecule is Cc1cc(C)n2cc(Cn3cccc(C(F)(F)F)c3=O)nc2n1. The lowest BCUT2D eigenvalue weighted by Gasteiger charge is -2.08. The fourth-order valence-electron chi connectivity index (χ4n) is 2.45. The molecule has 0 fully saturated rings. The molecule has 0 N–H and O–H groups in total. The van der Waals surface area contributed by atoms with E-state index < -0.39 is 17.3 Å². The molecule has 3 rings (SSSR count). The van der Waals surface area contributed by atoms with Crippen molar-refractivity contribution in [2.45, 2.75) is 26.6 Å². The van der Waals surface area contributed by atoms with Crippen molar-refractivity contribution in [3.8, 4) is 0 Å². The molecule has 0 bridgehead atoms. The normalized spacial score (nSPS) is 12.0. The minimum Gasteiger partial charge on any atom is -0.309 e. The van der Waals surface area contributed by atoms with Crippen LogP contribution in [0.25, 0.3) is 5.78 Å². The van der Waals surface area contributed by atoms with Crippen LogP contribution < -0.4 is 5.56 Å². The summed E-state index contributed by atoms with van der Waals surface area (Å²) in [7, 11) is 0. The van der Waals surface area contributed by atoms with Gasteiger partial charge in [0.25, 0.3) is 5.56 Å². The Hall–Kier alpha value is -2.64. The number of rotatable bonds is 2. The molecule has 120 valence electrons. The number of imidazole rings is 1. The van der Waals surface area contributed by atoms with Gasteiger partial charge in [0.1, 0.15) is 5.56 Å². The smallest absolute Gasteiger partial charge is 0.309 e. The number of hydrogen-bond donors (Lipinski definition) is 0. The summed E-state index contributed by atoms with van der Waals surface area (Å²) in [5.74, 6) is 0.456. The highest BCUT2D eigenvalue weighted by atomic mass is 19.4. The molecule has 0 unspecified atom stereocenters. The van der Waals surface area contributed by atoms with E-state index >= 15 is 0 Å². The largest absolute Gasteiger partial charge is 0.421 e. The second-order valence-corrected chi connectivity index (χ2v) is 5.29. The van der Waals surface area contributed by atoms with E-state index in [2.05, 4.69) is 9.97 Å².